The first-order chi connectivity index (χ1) is 7.27. The normalized spacial score (nSPS) is 22.5. The van der Waals surface area contributed by atoms with E-state index in [1.54, 1.807) is 0 Å². The lowest BCUT2D eigenvalue weighted by atomic mass is 10.0. The van der Waals surface area contributed by atoms with Gasteiger partial charge in [-0.2, -0.15) is 0 Å². The standard InChI is InChI=1S/C12H22N2O/c1-2-7-14-11(15)8-13-9-12(5-6-12)10-3-4-10/h10,13H,2-9H2,1H3,(H,14,15). The second-order valence-corrected chi connectivity index (χ2v) is 5.09. The Kier molecular flexibility index (Phi) is 3.29. The molecule has 0 aromatic rings. The summed E-state index contributed by atoms with van der Waals surface area (Å²) in [6.45, 7) is 4.42. The van der Waals surface area contributed by atoms with Crippen LogP contribution in [-0.4, -0.2) is 25.5 Å². The smallest absolute Gasteiger partial charge is 0.233 e. The maximum Gasteiger partial charge on any atom is 0.233 e. The largest absolute Gasteiger partial charge is 0.355 e. The summed E-state index contributed by atoms with van der Waals surface area (Å²) in [5.74, 6) is 1.12. The van der Waals surface area contributed by atoms with E-state index in [-0.39, 0.29) is 5.91 Å². The molecule has 0 heterocycles. The monoisotopic (exact) mass is 210 g/mol. The quantitative estimate of drug-likeness (QED) is 0.665. The highest BCUT2D eigenvalue weighted by Crippen LogP contribution is 2.60. The highest BCUT2D eigenvalue weighted by Gasteiger charge is 2.53. The van der Waals surface area contributed by atoms with E-state index in [1.165, 1.54) is 25.7 Å². The third-order valence-electron chi connectivity index (χ3n) is 3.67. The highest BCUT2D eigenvalue weighted by atomic mass is 16.1. The number of hydrogen-bond acceptors (Lipinski definition) is 2. The van der Waals surface area contributed by atoms with Crippen molar-refractivity contribution in [1.82, 2.24) is 10.6 Å². The Morgan fingerprint density at radius 3 is 2.67 bits per heavy atom. The Morgan fingerprint density at radius 1 is 1.40 bits per heavy atom. The summed E-state index contributed by atoms with van der Waals surface area (Å²) in [6.07, 6.45) is 6.60. The average Bonchev–Trinajstić information content (AvgIpc) is 3.04. The van der Waals surface area contributed by atoms with E-state index in [0.29, 0.717) is 12.0 Å². The second-order valence-electron chi connectivity index (χ2n) is 5.09. The molecule has 0 aromatic heterocycles. The molecule has 0 spiro atoms. The number of rotatable bonds is 7. The van der Waals surface area contributed by atoms with Gasteiger partial charge in [-0.1, -0.05) is 6.92 Å². The Bertz CT molecular complexity index is 232. The molecule has 2 aliphatic rings. The van der Waals surface area contributed by atoms with E-state index in [0.717, 1.165) is 25.4 Å². The van der Waals surface area contributed by atoms with Crippen LogP contribution in [-0.2, 0) is 4.79 Å². The number of carbonyl (C=O) groups is 1. The van der Waals surface area contributed by atoms with Crippen LogP contribution in [0.25, 0.3) is 0 Å². The minimum atomic E-state index is 0.142. The topological polar surface area (TPSA) is 41.1 Å². The van der Waals surface area contributed by atoms with Gasteiger partial charge in [-0.05, 0) is 43.4 Å². The maximum atomic E-state index is 11.3. The van der Waals surface area contributed by atoms with Gasteiger partial charge in [0.15, 0.2) is 0 Å². The van der Waals surface area contributed by atoms with Crippen molar-refractivity contribution in [2.24, 2.45) is 11.3 Å². The van der Waals surface area contributed by atoms with Crippen molar-refractivity contribution in [2.75, 3.05) is 19.6 Å². The Hall–Kier alpha value is -0.570. The van der Waals surface area contributed by atoms with Crippen LogP contribution in [0, 0.1) is 11.3 Å². The van der Waals surface area contributed by atoms with E-state index in [4.69, 9.17) is 0 Å². The van der Waals surface area contributed by atoms with E-state index in [1.807, 2.05) is 0 Å². The fourth-order valence-corrected chi connectivity index (χ4v) is 2.34. The first kappa shape index (κ1) is 10.9. The lowest BCUT2D eigenvalue weighted by molar-refractivity contribution is -0.120. The summed E-state index contributed by atoms with van der Waals surface area (Å²) in [5, 5.41) is 6.19. The molecule has 0 aliphatic heterocycles. The van der Waals surface area contributed by atoms with E-state index in [9.17, 15) is 4.79 Å². The van der Waals surface area contributed by atoms with Crippen LogP contribution in [0.15, 0.2) is 0 Å². The summed E-state index contributed by atoms with van der Waals surface area (Å²) in [6, 6.07) is 0. The molecule has 3 nitrogen and oxygen atoms in total. The van der Waals surface area contributed by atoms with Crippen LogP contribution < -0.4 is 10.6 Å². The van der Waals surface area contributed by atoms with Crippen molar-refractivity contribution in [3.63, 3.8) is 0 Å². The first-order valence-corrected chi connectivity index (χ1v) is 6.24. The third-order valence-corrected chi connectivity index (χ3v) is 3.67. The van der Waals surface area contributed by atoms with Crippen LogP contribution in [0.2, 0.25) is 0 Å². The molecule has 3 heteroatoms. The molecule has 0 bridgehead atoms. The van der Waals surface area contributed by atoms with Crippen LogP contribution in [0.4, 0.5) is 0 Å². The molecular weight excluding hydrogens is 188 g/mol. The Morgan fingerprint density at radius 2 is 2.13 bits per heavy atom. The van der Waals surface area contributed by atoms with Crippen molar-refractivity contribution < 1.29 is 4.79 Å². The van der Waals surface area contributed by atoms with E-state index < -0.39 is 0 Å². The number of hydrogen-bond donors (Lipinski definition) is 2. The molecule has 0 radical (unpaired) electrons. The van der Waals surface area contributed by atoms with Gasteiger partial charge >= 0.3 is 0 Å². The van der Waals surface area contributed by atoms with Crippen molar-refractivity contribution in [1.29, 1.82) is 0 Å². The molecule has 2 aliphatic carbocycles. The van der Waals surface area contributed by atoms with Gasteiger partial charge in [0.2, 0.25) is 5.91 Å². The van der Waals surface area contributed by atoms with E-state index >= 15 is 0 Å². The molecule has 1 amide bonds. The molecule has 2 rings (SSSR count). The third kappa shape index (κ3) is 2.94. The second kappa shape index (κ2) is 4.52. The van der Waals surface area contributed by atoms with Crippen LogP contribution in [0.1, 0.15) is 39.0 Å². The fourth-order valence-electron chi connectivity index (χ4n) is 2.34. The number of carbonyl (C=O) groups excluding carboxylic acids is 1. The van der Waals surface area contributed by atoms with Gasteiger partial charge in [-0.25, -0.2) is 0 Å². The molecule has 2 fully saturated rings. The number of amides is 1. The first-order valence-electron chi connectivity index (χ1n) is 6.24. The van der Waals surface area contributed by atoms with Crippen molar-refractivity contribution in [3.05, 3.63) is 0 Å². The molecule has 15 heavy (non-hydrogen) atoms. The van der Waals surface area contributed by atoms with Gasteiger partial charge in [0.1, 0.15) is 0 Å². The van der Waals surface area contributed by atoms with Gasteiger partial charge < -0.3 is 10.6 Å². The van der Waals surface area contributed by atoms with Gasteiger partial charge in [-0.3, -0.25) is 4.79 Å². The molecule has 2 saturated carbocycles. The van der Waals surface area contributed by atoms with Crippen molar-refractivity contribution in [2.45, 2.75) is 39.0 Å². The van der Waals surface area contributed by atoms with Crippen molar-refractivity contribution >= 4 is 5.91 Å². The SMILES string of the molecule is CCCNC(=O)CNCC1(C2CC2)CC1. The van der Waals surface area contributed by atoms with Crippen LogP contribution in [0.5, 0.6) is 0 Å². The lowest BCUT2D eigenvalue weighted by Gasteiger charge is -2.14. The zero-order valence-electron chi connectivity index (χ0n) is 9.64. The summed E-state index contributed by atoms with van der Waals surface area (Å²) < 4.78 is 0. The Labute approximate surface area is 92.0 Å². The van der Waals surface area contributed by atoms with Crippen LogP contribution in [0.3, 0.4) is 0 Å². The number of nitrogens with one attached hydrogen (secondary N) is 2. The molecule has 0 aromatic carbocycles. The zero-order valence-corrected chi connectivity index (χ0v) is 9.64. The Balaban J connectivity index is 1.56. The summed E-state index contributed by atoms with van der Waals surface area (Å²) in [5.41, 5.74) is 0.602. The van der Waals surface area contributed by atoms with Gasteiger partial charge in [0.25, 0.3) is 0 Å². The summed E-state index contributed by atoms with van der Waals surface area (Å²) in [4.78, 5) is 11.3. The minimum absolute atomic E-state index is 0.142. The lowest BCUT2D eigenvalue weighted by Crippen LogP contribution is -2.37. The van der Waals surface area contributed by atoms with Crippen LogP contribution >= 0.6 is 0 Å². The molecular formula is C12H22N2O. The summed E-state index contributed by atoms with van der Waals surface area (Å²) >= 11 is 0. The molecule has 0 atom stereocenters. The average molecular weight is 210 g/mol. The van der Waals surface area contributed by atoms with Gasteiger partial charge in [-0.15, -0.1) is 0 Å². The summed E-state index contributed by atoms with van der Waals surface area (Å²) in [7, 11) is 0. The maximum absolute atomic E-state index is 11.3. The minimum Gasteiger partial charge on any atom is -0.355 e. The van der Waals surface area contributed by atoms with Crippen molar-refractivity contribution in [3.8, 4) is 0 Å². The highest BCUT2D eigenvalue weighted by molar-refractivity contribution is 5.77. The fraction of sp³-hybridized carbons (Fsp3) is 0.917. The predicted octanol–water partition coefficient (Wildman–Crippen LogP) is 1.29. The molecule has 86 valence electrons. The molecule has 0 unspecified atom stereocenters. The van der Waals surface area contributed by atoms with E-state index in [2.05, 4.69) is 17.6 Å². The zero-order chi connectivity index (χ0) is 10.7. The van der Waals surface area contributed by atoms with Gasteiger partial charge in [0, 0.05) is 13.1 Å². The predicted molar refractivity (Wildman–Crippen MR) is 60.6 cm³/mol. The van der Waals surface area contributed by atoms with Gasteiger partial charge in [0.05, 0.1) is 6.54 Å². The molecule has 2 N–H and O–H groups in total. The molecule has 0 saturated heterocycles.